The van der Waals surface area contributed by atoms with E-state index in [1.165, 1.54) is 16.2 Å². The zero-order chi connectivity index (χ0) is 19.3. The molecule has 2 aliphatic heterocycles. The molecule has 6 nitrogen and oxygen atoms in total. The summed E-state index contributed by atoms with van der Waals surface area (Å²) < 4.78 is 7.99. The summed E-state index contributed by atoms with van der Waals surface area (Å²) >= 11 is 4.70. The number of halogens is 1. The van der Waals surface area contributed by atoms with Crippen LogP contribution in [0.25, 0.3) is 10.2 Å². The van der Waals surface area contributed by atoms with E-state index in [0.717, 1.165) is 14.7 Å². The van der Waals surface area contributed by atoms with Crippen LogP contribution in [0.15, 0.2) is 46.9 Å². The average Bonchev–Trinajstić information content (AvgIpc) is 3.14. The van der Waals surface area contributed by atoms with Crippen molar-refractivity contribution in [3.8, 4) is 5.75 Å². The summed E-state index contributed by atoms with van der Waals surface area (Å²) in [5, 5.41) is 3.58. The van der Waals surface area contributed by atoms with Crippen LogP contribution in [-0.4, -0.2) is 40.5 Å². The lowest BCUT2D eigenvalue weighted by molar-refractivity contribution is -0.0776. The third-order valence-electron chi connectivity index (χ3n) is 5.15. The number of fused-ring (bicyclic) bond motifs is 2. The first-order valence-electron chi connectivity index (χ1n) is 9.01. The first kappa shape index (κ1) is 17.8. The van der Waals surface area contributed by atoms with Gasteiger partial charge in [0.05, 0.1) is 15.8 Å². The highest BCUT2D eigenvalue weighted by Gasteiger charge is 2.51. The number of ether oxygens (including phenoxy) is 1. The summed E-state index contributed by atoms with van der Waals surface area (Å²) in [4.78, 5) is 32.7. The molecule has 3 aromatic rings. The molecular formula is C20H16BrN3O3S. The minimum atomic E-state index is -0.988. The van der Waals surface area contributed by atoms with Gasteiger partial charge in [-0.3, -0.25) is 9.59 Å². The fraction of sp³-hybridized carbons (Fsp3) is 0.250. The van der Waals surface area contributed by atoms with E-state index in [9.17, 15) is 9.59 Å². The molecule has 0 saturated carbocycles. The highest BCUT2D eigenvalue weighted by Crippen LogP contribution is 2.40. The fourth-order valence-corrected chi connectivity index (χ4v) is 5.05. The minimum Gasteiger partial charge on any atom is -0.466 e. The van der Waals surface area contributed by atoms with Crippen LogP contribution in [0.3, 0.4) is 0 Å². The van der Waals surface area contributed by atoms with E-state index in [-0.39, 0.29) is 5.91 Å². The van der Waals surface area contributed by atoms with E-state index < -0.39 is 11.6 Å². The Balaban J connectivity index is 1.63. The Morgan fingerprint density at radius 1 is 1.21 bits per heavy atom. The molecule has 28 heavy (non-hydrogen) atoms. The average molecular weight is 458 g/mol. The normalized spacial score (nSPS) is 18.2. The van der Waals surface area contributed by atoms with E-state index in [1.54, 1.807) is 12.1 Å². The van der Waals surface area contributed by atoms with E-state index >= 15 is 0 Å². The molecule has 2 aliphatic rings. The van der Waals surface area contributed by atoms with Crippen molar-refractivity contribution in [1.82, 2.24) is 15.2 Å². The van der Waals surface area contributed by atoms with Gasteiger partial charge < -0.3 is 10.1 Å². The number of amides is 2. The molecule has 8 heteroatoms. The number of nitrogens with one attached hydrogen (secondary N) is 1. The Kier molecular flexibility index (Phi) is 4.22. The minimum absolute atomic E-state index is 0.300. The maximum absolute atomic E-state index is 13.5. The zero-order valence-electron chi connectivity index (χ0n) is 14.8. The molecule has 0 unspecified atom stereocenters. The quantitative estimate of drug-likeness (QED) is 0.562. The van der Waals surface area contributed by atoms with Gasteiger partial charge >= 0.3 is 0 Å². The van der Waals surface area contributed by atoms with Crippen molar-refractivity contribution in [1.29, 1.82) is 0 Å². The van der Waals surface area contributed by atoms with Crippen molar-refractivity contribution in [2.45, 2.75) is 18.6 Å². The molecule has 1 saturated heterocycles. The predicted molar refractivity (Wildman–Crippen MR) is 110 cm³/mol. The Morgan fingerprint density at radius 2 is 2.00 bits per heavy atom. The number of rotatable bonds is 1. The van der Waals surface area contributed by atoms with Crippen LogP contribution in [0.5, 0.6) is 5.75 Å². The van der Waals surface area contributed by atoms with E-state index in [0.29, 0.717) is 42.3 Å². The molecule has 5 rings (SSSR count). The first-order valence-corrected chi connectivity index (χ1v) is 10.6. The smallest absolute Gasteiger partial charge is 0.292 e. The van der Waals surface area contributed by atoms with Crippen molar-refractivity contribution in [2.75, 3.05) is 13.1 Å². The maximum Gasteiger partial charge on any atom is 0.292 e. The van der Waals surface area contributed by atoms with Gasteiger partial charge in [-0.15, -0.1) is 11.3 Å². The number of para-hydroxylation sites is 1. The fourth-order valence-electron chi connectivity index (χ4n) is 3.79. The number of nitrogens with zero attached hydrogens (tertiary/aromatic N) is 2. The van der Waals surface area contributed by atoms with Crippen LogP contribution in [0.1, 0.15) is 33.0 Å². The molecule has 1 aromatic heterocycles. The summed E-state index contributed by atoms with van der Waals surface area (Å²) in [5.74, 6) is -0.226. The number of thiazole rings is 1. The third kappa shape index (κ3) is 2.75. The molecule has 0 radical (unpaired) electrons. The van der Waals surface area contributed by atoms with Crippen molar-refractivity contribution in [3.63, 3.8) is 0 Å². The number of benzene rings is 2. The lowest BCUT2D eigenvalue weighted by atomic mass is 9.95. The standard InChI is InChI=1S/C20H16BrN3O3S/c21-12-5-6-15-13(11-12)18(25)24(20(27-15)7-9-22-10-8-20)19(26)17-23-14-3-1-2-4-16(14)28-17/h1-6,11,22H,7-10H2. The van der Waals surface area contributed by atoms with Gasteiger partial charge in [-0.1, -0.05) is 28.1 Å². The summed E-state index contributed by atoms with van der Waals surface area (Å²) in [6.45, 7) is 1.34. The molecule has 1 N–H and O–H groups in total. The Labute approximate surface area is 173 Å². The zero-order valence-corrected chi connectivity index (χ0v) is 17.2. The molecule has 0 atom stereocenters. The number of hydrogen-bond acceptors (Lipinski definition) is 6. The first-order chi connectivity index (χ1) is 13.6. The molecule has 2 amide bonds. The van der Waals surface area contributed by atoms with Crippen molar-refractivity contribution in [2.24, 2.45) is 0 Å². The highest BCUT2D eigenvalue weighted by molar-refractivity contribution is 9.10. The molecule has 0 aliphatic carbocycles. The third-order valence-corrected chi connectivity index (χ3v) is 6.66. The van der Waals surface area contributed by atoms with Crippen molar-refractivity contribution >= 4 is 49.3 Å². The van der Waals surface area contributed by atoms with Gasteiger partial charge in [-0.25, -0.2) is 9.88 Å². The van der Waals surface area contributed by atoms with Crippen molar-refractivity contribution in [3.05, 3.63) is 57.5 Å². The number of carbonyl (C=O) groups excluding carboxylic acids is 2. The van der Waals surface area contributed by atoms with Crippen LogP contribution < -0.4 is 10.1 Å². The van der Waals surface area contributed by atoms with Crippen LogP contribution in [0.4, 0.5) is 0 Å². The second-order valence-electron chi connectivity index (χ2n) is 6.87. The Hall–Kier alpha value is -2.29. The highest BCUT2D eigenvalue weighted by atomic mass is 79.9. The molecular weight excluding hydrogens is 442 g/mol. The largest absolute Gasteiger partial charge is 0.466 e. The molecule has 2 aromatic carbocycles. The second-order valence-corrected chi connectivity index (χ2v) is 8.82. The maximum atomic E-state index is 13.5. The van der Waals surface area contributed by atoms with Crippen LogP contribution in [-0.2, 0) is 0 Å². The van der Waals surface area contributed by atoms with Gasteiger partial charge in [0.2, 0.25) is 0 Å². The number of piperidine rings is 1. The lowest BCUT2D eigenvalue weighted by Gasteiger charge is -2.47. The number of carbonyl (C=O) groups is 2. The molecule has 1 fully saturated rings. The molecule has 3 heterocycles. The monoisotopic (exact) mass is 457 g/mol. The van der Waals surface area contributed by atoms with Gasteiger partial charge in [-0.2, -0.15) is 0 Å². The second kappa shape index (κ2) is 6.65. The van der Waals surface area contributed by atoms with Crippen LogP contribution in [0.2, 0.25) is 0 Å². The van der Waals surface area contributed by atoms with Crippen LogP contribution >= 0.6 is 27.3 Å². The number of aromatic nitrogens is 1. The van der Waals surface area contributed by atoms with Gasteiger partial charge in [0.25, 0.3) is 11.8 Å². The van der Waals surface area contributed by atoms with E-state index in [4.69, 9.17) is 4.74 Å². The van der Waals surface area contributed by atoms with Crippen LogP contribution in [0, 0.1) is 0 Å². The molecule has 1 spiro atoms. The Morgan fingerprint density at radius 3 is 2.79 bits per heavy atom. The van der Waals surface area contributed by atoms with Gasteiger partial charge in [-0.05, 0) is 30.3 Å². The molecule has 0 bridgehead atoms. The van der Waals surface area contributed by atoms with E-state index in [2.05, 4.69) is 26.2 Å². The van der Waals surface area contributed by atoms with Gasteiger partial charge in [0.15, 0.2) is 10.7 Å². The van der Waals surface area contributed by atoms with Gasteiger partial charge in [0.1, 0.15) is 5.75 Å². The van der Waals surface area contributed by atoms with E-state index in [1.807, 2.05) is 30.3 Å². The summed E-state index contributed by atoms with van der Waals surface area (Å²) in [5.41, 5.74) is 0.148. The van der Waals surface area contributed by atoms with Crippen molar-refractivity contribution < 1.29 is 14.3 Å². The van der Waals surface area contributed by atoms with Gasteiger partial charge in [0, 0.05) is 30.4 Å². The summed E-state index contributed by atoms with van der Waals surface area (Å²) in [6, 6.07) is 12.9. The predicted octanol–water partition coefficient (Wildman–Crippen LogP) is 3.81. The summed E-state index contributed by atoms with van der Waals surface area (Å²) in [6.07, 6.45) is 1.07. The lowest BCUT2D eigenvalue weighted by Crippen LogP contribution is -2.64. The molecule has 142 valence electrons. The Bertz CT molecular complexity index is 1070. The SMILES string of the molecule is O=C(c1nc2ccccc2s1)N1C(=O)c2cc(Br)ccc2OC12CCNCC2. The topological polar surface area (TPSA) is 71.5 Å². The summed E-state index contributed by atoms with van der Waals surface area (Å²) in [7, 11) is 0. The number of hydrogen-bond donors (Lipinski definition) is 1. The number of imide groups is 1.